The number of hydrogen-bond donors (Lipinski definition) is 1. The van der Waals surface area contributed by atoms with Gasteiger partial charge in [-0.1, -0.05) is 6.08 Å². The average molecular weight is 210 g/mol. The summed E-state index contributed by atoms with van der Waals surface area (Å²) in [6, 6.07) is 3.25. The Bertz CT molecular complexity index is 337. The smallest absolute Gasteiger partial charge is 0.336 e. The predicted molar refractivity (Wildman–Crippen MR) is 54.1 cm³/mol. The zero-order chi connectivity index (χ0) is 11.3. The van der Waals surface area contributed by atoms with Crippen LogP contribution in [0.4, 0.5) is 0 Å². The maximum absolute atomic E-state index is 11.4. The summed E-state index contributed by atoms with van der Waals surface area (Å²) in [4.78, 5) is 11.4. The van der Waals surface area contributed by atoms with Crippen molar-refractivity contribution in [1.82, 2.24) is 0 Å². The molecule has 0 aliphatic heterocycles. The highest BCUT2D eigenvalue weighted by atomic mass is 16.5. The summed E-state index contributed by atoms with van der Waals surface area (Å²) >= 11 is 0. The third-order valence-electron chi connectivity index (χ3n) is 1.93. The molecule has 4 heteroatoms. The topological polar surface area (TPSA) is 59.7 Å². The summed E-state index contributed by atoms with van der Waals surface area (Å²) in [7, 11) is 0. The molecule has 1 aromatic rings. The van der Waals surface area contributed by atoms with Crippen LogP contribution in [0.1, 0.15) is 25.7 Å². The molecular formula is C11H14O4. The van der Waals surface area contributed by atoms with Gasteiger partial charge in [-0.15, -0.1) is 0 Å². The van der Waals surface area contributed by atoms with Crippen LogP contribution in [0, 0.1) is 0 Å². The summed E-state index contributed by atoms with van der Waals surface area (Å²) in [5.74, 6) is -0.194. The molecule has 0 fully saturated rings. The Morgan fingerprint density at radius 2 is 2.47 bits per heavy atom. The van der Waals surface area contributed by atoms with Gasteiger partial charge in [-0.05, 0) is 26.0 Å². The predicted octanol–water partition coefficient (Wildman–Crippen LogP) is 1.82. The van der Waals surface area contributed by atoms with Gasteiger partial charge >= 0.3 is 5.97 Å². The van der Waals surface area contributed by atoms with Crippen LogP contribution >= 0.6 is 0 Å². The molecule has 1 N–H and O–H groups in total. The summed E-state index contributed by atoms with van der Waals surface area (Å²) < 4.78 is 9.81. The van der Waals surface area contributed by atoms with Gasteiger partial charge in [0.2, 0.25) is 0 Å². The number of hydrogen-bond acceptors (Lipinski definition) is 4. The lowest BCUT2D eigenvalue weighted by Crippen LogP contribution is -2.14. The van der Waals surface area contributed by atoms with Crippen LogP contribution in [0.3, 0.4) is 0 Å². The van der Waals surface area contributed by atoms with Gasteiger partial charge in [-0.2, -0.15) is 0 Å². The number of rotatable bonds is 4. The van der Waals surface area contributed by atoms with Gasteiger partial charge in [0, 0.05) is 0 Å². The molecule has 0 bridgehead atoms. The fourth-order valence-electron chi connectivity index (χ4n) is 1.20. The van der Waals surface area contributed by atoms with Gasteiger partial charge in [0.25, 0.3) is 0 Å². The highest BCUT2D eigenvalue weighted by Crippen LogP contribution is 2.22. The van der Waals surface area contributed by atoms with Crippen molar-refractivity contribution in [3.05, 3.63) is 35.8 Å². The molecule has 15 heavy (non-hydrogen) atoms. The van der Waals surface area contributed by atoms with E-state index in [1.54, 1.807) is 26.0 Å². The molecular weight excluding hydrogens is 196 g/mol. The zero-order valence-electron chi connectivity index (χ0n) is 8.77. The molecule has 0 aromatic carbocycles. The van der Waals surface area contributed by atoms with Crippen molar-refractivity contribution >= 4 is 5.97 Å². The van der Waals surface area contributed by atoms with Crippen LogP contribution in [-0.4, -0.2) is 17.7 Å². The highest BCUT2D eigenvalue weighted by Gasteiger charge is 2.22. The van der Waals surface area contributed by atoms with E-state index in [4.69, 9.17) is 9.15 Å². The largest absolute Gasteiger partial charge is 0.466 e. The Hall–Kier alpha value is -1.55. The third-order valence-corrected chi connectivity index (χ3v) is 1.93. The van der Waals surface area contributed by atoms with Crippen molar-refractivity contribution < 1.29 is 19.1 Å². The van der Waals surface area contributed by atoms with Crippen molar-refractivity contribution in [2.24, 2.45) is 0 Å². The van der Waals surface area contributed by atoms with Crippen molar-refractivity contribution in [2.45, 2.75) is 20.0 Å². The minimum Gasteiger partial charge on any atom is -0.466 e. The number of carbonyl (C=O) groups excluding carboxylic acids is 1. The van der Waals surface area contributed by atoms with E-state index in [0.717, 1.165) is 0 Å². The average Bonchev–Trinajstić information content (AvgIpc) is 2.71. The molecule has 0 aliphatic rings. The minimum absolute atomic E-state index is 0.187. The van der Waals surface area contributed by atoms with Crippen LogP contribution < -0.4 is 0 Å². The molecule has 82 valence electrons. The second-order valence-electron chi connectivity index (χ2n) is 2.88. The van der Waals surface area contributed by atoms with E-state index in [0.29, 0.717) is 5.76 Å². The van der Waals surface area contributed by atoms with E-state index in [1.807, 2.05) is 0 Å². The first kappa shape index (κ1) is 11.5. The van der Waals surface area contributed by atoms with E-state index < -0.39 is 12.1 Å². The van der Waals surface area contributed by atoms with Gasteiger partial charge in [-0.3, -0.25) is 0 Å². The SMILES string of the molecule is C/C=C(\C(=O)OCC)C(O)c1ccco1. The fraction of sp³-hybridized carbons (Fsp3) is 0.364. The van der Waals surface area contributed by atoms with Gasteiger partial charge < -0.3 is 14.3 Å². The minimum atomic E-state index is -1.07. The van der Waals surface area contributed by atoms with Crippen molar-refractivity contribution in [3.63, 3.8) is 0 Å². The lowest BCUT2D eigenvalue weighted by molar-refractivity contribution is -0.139. The van der Waals surface area contributed by atoms with E-state index >= 15 is 0 Å². The van der Waals surface area contributed by atoms with Crippen LogP contribution in [-0.2, 0) is 9.53 Å². The Morgan fingerprint density at radius 1 is 1.73 bits per heavy atom. The van der Waals surface area contributed by atoms with Crippen molar-refractivity contribution in [1.29, 1.82) is 0 Å². The van der Waals surface area contributed by atoms with E-state index in [9.17, 15) is 9.90 Å². The molecule has 1 rings (SSSR count). The number of carbonyl (C=O) groups is 1. The number of aliphatic hydroxyl groups is 1. The van der Waals surface area contributed by atoms with Gasteiger partial charge in [-0.25, -0.2) is 4.79 Å². The fourth-order valence-corrected chi connectivity index (χ4v) is 1.20. The highest BCUT2D eigenvalue weighted by molar-refractivity contribution is 5.89. The Labute approximate surface area is 88.2 Å². The Balaban J connectivity index is 2.80. The summed E-state index contributed by atoms with van der Waals surface area (Å²) in [5.41, 5.74) is 0.187. The first-order valence-corrected chi connectivity index (χ1v) is 4.75. The van der Waals surface area contributed by atoms with Gasteiger partial charge in [0.05, 0.1) is 18.4 Å². The molecule has 1 unspecified atom stereocenters. The molecule has 1 aromatic heterocycles. The second kappa shape index (κ2) is 5.36. The molecule has 0 saturated heterocycles. The standard InChI is InChI=1S/C11H14O4/c1-3-8(11(13)14-4-2)10(12)9-6-5-7-15-9/h3,5-7,10,12H,4H2,1-2H3/b8-3-. The van der Waals surface area contributed by atoms with E-state index in [2.05, 4.69) is 0 Å². The third kappa shape index (κ3) is 2.70. The number of ether oxygens (including phenoxy) is 1. The van der Waals surface area contributed by atoms with E-state index in [-0.39, 0.29) is 12.2 Å². The maximum Gasteiger partial charge on any atom is 0.336 e. The quantitative estimate of drug-likeness (QED) is 0.608. The lowest BCUT2D eigenvalue weighted by atomic mass is 10.1. The molecule has 0 aliphatic carbocycles. The molecule has 4 nitrogen and oxygen atoms in total. The monoisotopic (exact) mass is 210 g/mol. The van der Waals surface area contributed by atoms with Gasteiger partial charge in [0.15, 0.2) is 0 Å². The normalized spacial score (nSPS) is 13.7. The molecule has 1 heterocycles. The lowest BCUT2D eigenvalue weighted by Gasteiger charge is -2.11. The van der Waals surface area contributed by atoms with Crippen LogP contribution in [0.25, 0.3) is 0 Å². The Morgan fingerprint density at radius 3 is 2.93 bits per heavy atom. The second-order valence-corrected chi connectivity index (χ2v) is 2.88. The van der Waals surface area contributed by atoms with Crippen molar-refractivity contribution in [3.8, 4) is 0 Å². The molecule has 1 atom stereocenters. The zero-order valence-corrected chi connectivity index (χ0v) is 8.77. The number of allylic oxidation sites excluding steroid dienone is 1. The number of aliphatic hydroxyl groups excluding tert-OH is 1. The molecule has 0 spiro atoms. The van der Waals surface area contributed by atoms with E-state index in [1.165, 1.54) is 12.3 Å². The summed E-state index contributed by atoms with van der Waals surface area (Å²) in [6.07, 6.45) is 1.89. The van der Waals surface area contributed by atoms with Gasteiger partial charge in [0.1, 0.15) is 11.9 Å². The van der Waals surface area contributed by atoms with Crippen LogP contribution in [0.15, 0.2) is 34.5 Å². The molecule has 0 saturated carbocycles. The first-order chi connectivity index (χ1) is 7.20. The molecule has 0 radical (unpaired) electrons. The number of esters is 1. The maximum atomic E-state index is 11.4. The molecule has 0 amide bonds. The summed E-state index contributed by atoms with van der Waals surface area (Å²) in [5, 5.41) is 9.80. The van der Waals surface area contributed by atoms with Crippen LogP contribution in [0.2, 0.25) is 0 Å². The summed E-state index contributed by atoms with van der Waals surface area (Å²) in [6.45, 7) is 3.66. The Kier molecular flexibility index (Phi) is 4.12. The number of furan rings is 1. The van der Waals surface area contributed by atoms with Crippen molar-refractivity contribution in [2.75, 3.05) is 6.61 Å². The first-order valence-electron chi connectivity index (χ1n) is 4.75. The van der Waals surface area contributed by atoms with Crippen LogP contribution in [0.5, 0.6) is 0 Å².